The molecule has 0 radical (unpaired) electrons. The van der Waals surface area contributed by atoms with Gasteiger partial charge in [0.15, 0.2) is 0 Å². The first-order chi connectivity index (χ1) is 4.43. The average Bonchev–Trinajstić information content (AvgIpc) is 2.34. The van der Waals surface area contributed by atoms with Gasteiger partial charge in [0.1, 0.15) is 6.61 Å². The summed E-state index contributed by atoms with van der Waals surface area (Å²) in [6, 6.07) is 3.88. The highest BCUT2D eigenvalue weighted by Crippen LogP contribution is 1.85. The second-order valence-electron chi connectivity index (χ2n) is 1.88. The van der Waals surface area contributed by atoms with Crippen LogP contribution >= 0.6 is 0 Å². The molecular formula is C7H11NO. The number of rotatable bonds is 3. The summed E-state index contributed by atoms with van der Waals surface area (Å²) in [6.45, 7) is 2.87. The molecule has 9 heavy (non-hydrogen) atoms. The minimum absolute atomic E-state index is 0.786. The third-order valence-electron chi connectivity index (χ3n) is 1.02. The highest BCUT2D eigenvalue weighted by Gasteiger charge is 1.83. The van der Waals surface area contributed by atoms with Gasteiger partial charge in [-0.15, -0.1) is 0 Å². The van der Waals surface area contributed by atoms with Gasteiger partial charge in [-0.05, 0) is 18.6 Å². The topological polar surface area (TPSA) is 14.2 Å². The zero-order valence-corrected chi connectivity index (χ0v) is 5.58. The van der Waals surface area contributed by atoms with E-state index in [0.29, 0.717) is 0 Å². The first kappa shape index (κ1) is 6.20. The zero-order chi connectivity index (χ0) is 6.53. The zero-order valence-electron chi connectivity index (χ0n) is 5.58. The van der Waals surface area contributed by atoms with Gasteiger partial charge in [-0.1, -0.05) is 6.92 Å². The first-order valence-electron chi connectivity index (χ1n) is 3.19. The van der Waals surface area contributed by atoms with Crippen LogP contribution in [0.2, 0.25) is 0 Å². The van der Waals surface area contributed by atoms with Crippen LogP contribution in [-0.2, 0) is 0 Å². The lowest BCUT2D eigenvalue weighted by Gasteiger charge is -2.02. The van der Waals surface area contributed by atoms with E-state index in [2.05, 4.69) is 6.92 Å². The summed E-state index contributed by atoms with van der Waals surface area (Å²) in [5.41, 5.74) is 0. The molecule has 0 aliphatic rings. The lowest BCUT2D eigenvalue weighted by Crippen LogP contribution is -2.08. The summed E-state index contributed by atoms with van der Waals surface area (Å²) in [5.74, 6) is 0. The van der Waals surface area contributed by atoms with Crippen molar-refractivity contribution in [2.75, 3.05) is 6.61 Å². The molecule has 1 heterocycles. The van der Waals surface area contributed by atoms with Crippen LogP contribution in [0.15, 0.2) is 24.5 Å². The Balaban J connectivity index is 2.30. The van der Waals surface area contributed by atoms with Crippen molar-refractivity contribution >= 4 is 0 Å². The molecule has 0 fully saturated rings. The molecule has 2 heteroatoms. The molecule has 0 unspecified atom stereocenters. The number of nitrogens with zero attached hydrogens (tertiary/aromatic N) is 1. The SMILES string of the molecule is CCCOn1cccc1. The van der Waals surface area contributed by atoms with E-state index < -0.39 is 0 Å². The van der Waals surface area contributed by atoms with Gasteiger partial charge in [-0.3, -0.25) is 0 Å². The Kier molecular flexibility index (Phi) is 2.19. The largest absolute Gasteiger partial charge is 0.414 e. The molecule has 0 aliphatic carbocycles. The van der Waals surface area contributed by atoms with Gasteiger partial charge in [0, 0.05) is 12.4 Å². The fraction of sp³-hybridized carbons (Fsp3) is 0.429. The first-order valence-corrected chi connectivity index (χ1v) is 3.19. The normalized spacial score (nSPS) is 9.44. The summed E-state index contributed by atoms with van der Waals surface area (Å²) in [7, 11) is 0. The van der Waals surface area contributed by atoms with Crippen LogP contribution in [0.5, 0.6) is 0 Å². The van der Waals surface area contributed by atoms with Gasteiger partial charge in [0.05, 0.1) is 0 Å². The summed E-state index contributed by atoms with van der Waals surface area (Å²) in [5, 5.41) is 0. The van der Waals surface area contributed by atoms with Crippen LogP contribution in [0.3, 0.4) is 0 Å². The molecule has 0 saturated carbocycles. The molecule has 0 N–H and O–H groups in total. The number of hydrogen-bond acceptors (Lipinski definition) is 1. The summed E-state index contributed by atoms with van der Waals surface area (Å²) < 4.78 is 1.71. The minimum atomic E-state index is 0.786. The van der Waals surface area contributed by atoms with Crippen molar-refractivity contribution in [2.24, 2.45) is 0 Å². The molecule has 0 amide bonds. The van der Waals surface area contributed by atoms with E-state index in [9.17, 15) is 0 Å². The lowest BCUT2D eigenvalue weighted by atomic mass is 10.5. The van der Waals surface area contributed by atoms with E-state index >= 15 is 0 Å². The summed E-state index contributed by atoms with van der Waals surface area (Å²) >= 11 is 0. The van der Waals surface area contributed by atoms with Gasteiger partial charge >= 0.3 is 0 Å². The Morgan fingerprint density at radius 2 is 2.00 bits per heavy atom. The van der Waals surface area contributed by atoms with Crippen molar-refractivity contribution in [3.05, 3.63) is 24.5 Å². The molecule has 0 spiro atoms. The lowest BCUT2D eigenvalue weighted by molar-refractivity contribution is 0.111. The smallest absolute Gasteiger partial charge is 0.114 e. The molecule has 1 aromatic rings. The van der Waals surface area contributed by atoms with Crippen LogP contribution in [-0.4, -0.2) is 11.3 Å². The summed E-state index contributed by atoms with van der Waals surface area (Å²) in [4.78, 5) is 5.21. The third-order valence-corrected chi connectivity index (χ3v) is 1.02. The van der Waals surface area contributed by atoms with E-state index in [1.807, 2.05) is 24.5 Å². The quantitative estimate of drug-likeness (QED) is 0.594. The highest BCUT2D eigenvalue weighted by molar-refractivity contribution is 4.87. The van der Waals surface area contributed by atoms with Crippen LogP contribution < -0.4 is 4.84 Å². The van der Waals surface area contributed by atoms with E-state index in [1.165, 1.54) is 0 Å². The molecule has 0 atom stereocenters. The molecule has 1 aromatic heterocycles. The predicted octanol–water partition coefficient (Wildman–Crippen LogP) is 1.33. The van der Waals surface area contributed by atoms with Crippen molar-refractivity contribution in [1.82, 2.24) is 4.73 Å². The van der Waals surface area contributed by atoms with Crippen LogP contribution in [0.25, 0.3) is 0 Å². The second kappa shape index (κ2) is 3.17. The Morgan fingerprint density at radius 3 is 2.56 bits per heavy atom. The Morgan fingerprint density at radius 1 is 1.33 bits per heavy atom. The standard InChI is InChI=1S/C7H11NO/c1-2-7-9-8-5-3-4-6-8/h3-6H,2,7H2,1H3. The van der Waals surface area contributed by atoms with Crippen molar-refractivity contribution in [3.63, 3.8) is 0 Å². The molecule has 1 rings (SSSR count). The van der Waals surface area contributed by atoms with Gasteiger partial charge in [-0.2, -0.15) is 4.73 Å². The number of hydrogen-bond donors (Lipinski definition) is 0. The fourth-order valence-corrected chi connectivity index (χ4v) is 0.601. The van der Waals surface area contributed by atoms with E-state index in [0.717, 1.165) is 13.0 Å². The van der Waals surface area contributed by atoms with E-state index in [-0.39, 0.29) is 0 Å². The van der Waals surface area contributed by atoms with Crippen LogP contribution in [0.1, 0.15) is 13.3 Å². The molecular weight excluding hydrogens is 114 g/mol. The maximum Gasteiger partial charge on any atom is 0.114 e. The Bertz CT molecular complexity index is 146. The van der Waals surface area contributed by atoms with E-state index in [1.54, 1.807) is 4.73 Å². The molecule has 50 valence electrons. The van der Waals surface area contributed by atoms with Gasteiger partial charge in [0.2, 0.25) is 0 Å². The van der Waals surface area contributed by atoms with Gasteiger partial charge in [0.25, 0.3) is 0 Å². The molecule has 2 nitrogen and oxygen atoms in total. The van der Waals surface area contributed by atoms with E-state index in [4.69, 9.17) is 4.84 Å². The Labute approximate surface area is 55.0 Å². The summed E-state index contributed by atoms with van der Waals surface area (Å²) in [6.07, 6.45) is 4.82. The van der Waals surface area contributed by atoms with Crippen molar-refractivity contribution in [3.8, 4) is 0 Å². The van der Waals surface area contributed by atoms with Gasteiger partial charge in [-0.25, -0.2) is 0 Å². The predicted molar refractivity (Wildman–Crippen MR) is 36.2 cm³/mol. The number of aromatic nitrogens is 1. The molecule has 0 saturated heterocycles. The van der Waals surface area contributed by atoms with Crippen LogP contribution in [0, 0.1) is 0 Å². The molecule has 0 bridgehead atoms. The van der Waals surface area contributed by atoms with Crippen molar-refractivity contribution in [1.29, 1.82) is 0 Å². The maximum atomic E-state index is 5.21. The third kappa shape index (κ3) is 1.80. The average molecular weight is 125 g/mol. The monoisotopic (exact) mass is 125 g/mol. The van der Waals surface area contributed by atoms with Crippen LogP contribution in [0.4, 0.5) is 0 Å². The van der Waals surface area contributed by atoms with Gasteiger partial charge < -0.3 is 4.84 Å². The van der Waals surface area contributed by atoms with Crippen molar-refractivity contribution in [2.45, 2.75) is 13.3 Å². The highest BCUT2D eigenvalue weighted by atomic mass is 16.7. The van der Waals surface area contributed by atoms with Crippen molar-refractivity contribution < 1.29 is 4.84 Å². The minimum Gasteiger partial charge on any atom is -0.414 e. The molecule has 0 aromatic carbocycles. The maximum absolute atomic E-state index is 5.21. The molecule has 0 aliphatic heterocycles. The fourth-order valence-electron chi connectivity index (χ4n) is 0.601. The Hall–Kier alpha value is -0.920. The second-order valence-corrected chi connectivity index (χ2v) is 1.88.